The van der Waals surface area contributed by atoms with Crippen molar-refractivity contribution in [3.05, 3.63) is 92.8 Å². The van der Waals surface area contributed by atoms with E-state index < -0.39 is 17.8 Å². The Kier molecular flexibility index (Phi) is 6.54. The summed E-state index contributed by atoms with van der Waals surface area (Å²) in [7, 11) is 0. The molecule has 0 aliphatic carbocycles. The molecule has 38 heavy (non-hydrogen) atoms. The van der Waals surface area contributed by atoms with E-state index in [0.717, 1.165) is 42.1 Å². The Hall–Kier alpha value is -4.73. The molecule has 5 rings (SSSR count). The summed E-state index contributed by atoms with van der Waals surface area (Å²) in [4.78, 5) is 52.8. The van der Waals surface area contributed by atoms with E-state index in [2.05, 4.69) is 5.32 Å². The highest BCUT2D eigenvalue weighted by Gasteiger charge is 2.36. The van der Waals surface area contributed by atoms with Crippen LogP contribution in [0.1, 0.15) is 35.4 Å². The van der Waals surface area contributed by atoms with Crippen molar-refractivity contribution in [1.82, 2.24) is 14.8 Å². The van der Waals surface area contributed by atoms with Gasteiger partial charge in [-0.2, -0.15) is 0 Å². The number of nitro benzene ring substituents is 1. The molecule has 1 N–H and O–H groups in total. The van der Waals surface area contributed by atoms with Crippen LogP contribution in [0.25, 0.3) is 11.8 Å². The first kappa shape index (κ1) is 24.9. The van der Waals surface area contributed by atoms with Crippen molar-refractivity contribution in [3.8, 4) is 5.69 Å². The Morgan fingerprint density at radius 2 is 1.71 bits per heavy atom. The molecule has 3 aromatic rings. The van der Waals surface area contributed by atoms with Gasteiger partial charge in [-0.15, -0.1) is 0 Å². The molecule has 0 atom stereocenters. The van der Waals surface area contributed by atoms with Crippen LogP contribution in [-0.2, 0) is 16.1 Å². The summed E-state index contributed by atoms with van der Waals surface area (Å²) in [6.45, 7) is 5.28. The highest BCUT2D eigenvalue weighted by atomic mass is 16.6. The first-order chi connectivity index (χ1) is 18.2. The van der Waals surface area contributed by atoms with E-state index in [9.17, 15) is 24.5 Å². The van der Waals surface area contributed by atoms with E-state index in [1.807, 2.05) is 35.4 Å². The summed E-state index contributed by atoms with van der Waals surface area (Å²) >= 11 is 0. The van der Waals surface area contributed by atoms with Crippen LogP contribution in [0.15, 0.2) is 60.2 Å². The van der Waals surface area contributed by atoms with Crippen LogP contribution < -0.4 is 10.2 Å². The molecule has 4 amide bonds. The molecule has 0 saturated carbocycles. The van der Waals surface area contributed by atoms with Gasteiger partial charge in [-0.25, -0.2) is 4.79 Å². The van der Waals surface area contributed by atoms with E-state index in [1.54, 1.807) is 42.5 Å². The standard InChI is InChI=1S/C28H27N5O5/c1-18-14-21(15-23-26(34)29-28(36)31(27(23)35)17-20-8-4-3-5-9-20)19(2)32(18)22-10-11-24(25(16-22)33(37)38)30-12-6-7-13-30/h3-5,8-11,14-16H,6-7,12-13,17H2,1-2H3,(H,29,34,36)/b23-15-. The van der Waals surface area contributed by atoms with E-state index in [-0.39, 0.29) is 22.7 Å². The number of barbiturate groups is 1. The predicted molar refractivity (Wildman–Crippen MR) is 142 cm³/mol. The number of aryl methyl sites for hydroxylation is 1. The lowest BCUT2D eigenvalue weighted by molar-refractivity contribution is -0.384. The third-order valence-corrected chi connectivity index (χ3v) is 7.00. The fraction of sp³-hybridized carbons (Fsp3) is 0.250. The summed E-state index contributed by atoms with van der Waals surface area (Å²) in [5, 5.41) is 14.2. The minimum absolute atomic E-state index is 0.0299. The molecule has 2 aliphatic heterocycles. The molecule has 10 heteroatoms. The molecule has 3 heterocycles. The SMILES string of the molecule is Cc1cc(/C=C2/C(=O)NC(=O)N(Cc3ccccc3)C2=O)c(C)n1-c1ccc(N2CCCC2)c([N+](=O)[O-])c1. The number of carbonyl (C=O) groups excluding carboxylic acids is 3. The number of anilines is 1. The molecule has 1 aromatic heterocycles. The maximum Gasteiger partial charge on any atom is 0.331 e. The van der Waals surface area contributed by atoms with Gasteiger partial charge in [-0.3, -0.25) is 29.9 Å². The minimum atomic E-state index is -0.767. The van der Waals surface area contributed by atoms with Gasteiger partial charge in [0.05, 0.1) is 17.2 Å². The molecule has 2 aliphatic rings. The number of urea groups is 1. The summed E-state index contributed by atoms with van der Waals surface area (Å²) < 4.78 is 1.85. The third kappa shape index (κ3) is 4.56. The lowest BCUT2D eigenvalue weighted by Gasteiger charge is -2.26. The maximum absolute atomic E-state index is 13.2. The van der Waals surface area contributed by atoms with Crippen LogP contribution in [0.4, 0.5) is 16.2 Å². The van der Waals surface area contributed by atoms with Crippen LogP contribution in [0.2, 0.25) is 0 Å². The summed E-state index contributed by atoms with van der Waals surface area (Å²) in [5.74, 6) is -1.45. The van der Waals surface area contributed by atoms with Gasteiger partial charge in [0.2, 0.25) is 0 Å². The maximum atomic E-state index is 13.2. The van der Waals surface area contributed by atoms with E-state index in [4.69, 9.17) is 0 Å². The normalized spacial score (nSPS) is 16.9. The van der Waals surface area contributed by atoms with E-state index in [1.165, 1.54) is 6.08 Å². The van der Waals surface area contributed by atoms with Crippen molar-refractivity contribution >= 4 is 35.3 Å². The number of nitrogens with zero attached hydrogens (tertiary/aromatic N) is 4. The number of hydrogen-bond acceptors (Lipinski definition) is 6. The van der Waals surface area contributed by atoms with Crippen LogP contribution in [0, 0.1) is 24.0 Å². The van der Waals surface area contributed by atoms with E-state index >= 15 is 0 Å². The smallest absolute Gasteiger partial charge is 0.331 e. The summed E-state index contributed by atoms with van der Waals surface area (Å²) in [5.41, 5.74) is 3.92. The minimum Gasteiger partial charge on any atom is -0.366 e. The zero-order valence-electron chi connectivity index (χ0n) is 21.1. The van der Waals surface area contributed by atoms with Crippen LogP contribution in [0.5, 0.6) is 0 Å². The topological polar surface area (TPSA) is 118 Å². The molecule has 194 valence electrons. The Balaban J connectivity index is 1.49. The quantitative estimate of drug-likeness (QED) is 0.228. The van der Waals surface area contributed by atoms with Crippen LogP contribution in [-0.4, -0.2) is 45.3 Å². The molecule has 0 spiro atoms. The van der Waals surface area contributed by atoms with Crippen LogP contribution in [0.3, 0.4) is 0 Å². The fourth-order valence-corrected chi connectivity index (χ4v) is 5.11. The number of hydrogen-bond donors (Lipinski definition) is 1. The number of amides is 4. The molecule has 0 unspecified atom stereocenters. The Morgan fingerprint density at radius 1 is 1.00 bits per heavy atom. The third-order valence-electron chi connectivity index (χ3n) is 7.00. The summed E-state index contributed by atoms with van der Waals surface area (Å²) in [6.07, 6.45) is 3.48. The van der Waals surface area contributed by atoms with Crippen molar-refractivity contribution in [2.75, 3.05) is 18.0 Å². The fourth-order valence-electron chi connectivity index (χ4n) is 5.11. The number of rotatable bonds is 6. The second kappa shape index (κ2) is 9.97. The number of nitrogens with one attached hydrogen (secondary N) is 1. The van der Waals surface area contributed by atoms with Gasteiger partial charge in [0.1, 0.15) is 11.3 Å². The van der Waals surface area contributed by atoms with Gasteiger partial charge in [-0.05, 0) is 62.1 Å². The van der Waals surface area contributed by atoms with Gasteiger partial charge in [0.25, 0.3) is 17.5 Å². The molecule has 0 radical (unpaired) electrons. The molecular weight excluding hydrogens is 486 g/mol. The average molecular weight is 514 g/mol. The molecule has 0 bridgehead atoms. The summed E-state index contributed by atoms with van der Waals surface area (Å²) in [6, 6.07) is 15.3. The van der Waals surface area contributed by atoms with Gasteiger partial charge < -0.3 is 9.47 Å². The largest absolute Gasteiger partial charge is 0.366 e. The van der Waals surface area contributed by atoms with Crippen molar-refractivity contribution in [2.24, 2.45) is 0 Å². The first-order valence-corrected chi connectivity index (χ1v) is 12.4. The van der Waals surface area contributed by atoms with Crippen molar-refractivity contribution in [1.29, 1.82) is 0 Å². The molecule has 10 nitrogen and oxygen atoms in total. The highest BCUT2D eigenvalue weighted by Crippen LogP contribution is 2.34. The number of aromatic nitrogens is 1. The molecular formula is C28H27N5O5. The Labute approximate surface area is 219 Å². The monoisotopic (exact) mass is 513 g/mol. The number of carbonyl (C=O) groups is 3. The van der Waals surface area contributed by atoms with Gasteiger partial charge in [0.15, 0.2) is 0 Å². The number of nitro groups is 1. The molecule has 2 aromatic carbocycles. The first-order valence-electron chi connectivity index (χ1n) is 12.4. The zero-order chi connectivity index (χ0) is 27.0. The van der Waals surface area contributed by atoms with Crippen molar-refractivity contribution < 1.29 is 19.3 Å². The van der Waals surface area contributed by atoms with E-state index in [0.29, 0.717) is 22.6 Å². The number of benzene rings is 2. The predicted octanol–water partition coefficient (Wildman–Crippen LogP) is 4.26. The second-order valence-electron chi connectivity index (χ2n) is 9.48. The van der Waals surface area contributed by atoms with Gasteiger partial charge in [-0.1, -0.05) is 30.3 Å². The van der Waals surface area contributed by atoms with Crippen LogP contribution >= 0.6 is 0 Å². The van der Waals surface area contributed by atoms with Crippen molar-refractivity contribution in [3.63, 3.8) is 0 Å². The molecule has 2 fully saturated rings. The lowest BCUT2D eigenvalue weighted by atomic mass is 10.1. The highest BCUT2D eigenvalue weighted by molar-refractivity contribution is 6.31. The number of imide groups is 2. The average Bonchev–Trinajstić information content (AvgIpc) is 3.52. The zero-order valence-corrected chi connectivity index (χ0v) is 21.1. The van der Waals surface area contributed by atoms with Gasteiger partial charge >= 0.3 is 6.03 Å². The van der Waals surface area contributed by atoms with Gasteiger partial charge in [0, 0.05) is 30.5 Å². The lowest BCUT2D eigenvalue weighted by Crippen LogP contribution is -2.53. The Morgan fingerprint density at radius 3 is 2.39 bits per heavy atom. The second-order valence-corrected chi connectivity index (χ2v) is 9.48. The Bertz CT molecular complexity index is 1480. The van der Waals surface area contributed by atoms with Crippen molar-refractivity contribution in [2.45, 2.75) is 33.2 Å². The molecule has 2 saturated heterocycles.